The fraction of sp³-hybridized carbons (Fsp3) is 0.586. The molecule has 2 saturated heterocycles. The zero-order valence-electron chi connectivity index (χ0n) is 22.9. The van der Waals surface area contributed by atoms with Crippen molar-refractivity contribution in [2.75, 3.05) is 57.9 Å². The van der Waals surface area contributed by atoms with E-state index in [1.54, 1.807) is 11.2 Å². The van der Waals surface area contributed by atoms with E-state index in [-0.39, 0.29) is 11.7 Å². The highest BCUT2D eigenvalue weighted by Crippen LogP contribution is 2.29. The number of likely N-dealkylation sites (tertiary alicyclic amines) is 1. The second-order valence-electron chi connectivity index (χ2n) is 11.2. The number of hydrazine groups is 1. The number of halogens is 1. The van der Waals surface area contributed by atoms with Crippen LogP contribution in [0.3, 0.4) is 0 Å². The van der Waals surface area contributed by atoms with Crippen LogP contribution in [-0.2, 0) is 6.54 Å². The van der Waals surface area contributed by atoms with Crippen LogP contribution < -0.4 is 10.4 Å². The number of hydrogen-bond donors (Lipinski definition) is 1. The first-order valence-electron chi connectivity index (χ1n) is 14.2. The molecule has 1 amide bonds. The molecular weight excluding hydrogens is 556 g/mol. The first-order valence-corrected chi connectivity index (χ1v) is 15.0. The Balaban J connectivity index is 1.21. The van der Waals surface area contributed by atoms with Crippen molar-refractivity contribution in [1.82, 2.24) is 30.1 Å². The van der Waals surface area contributed by atoms with Gasteiger partial charge in [0.25, 0.3) is 5.91 Å². The van der Waals surface area contributed by atoms with Crippen LogP contribution in [0.5, 0.6) is 0 Å². The van der Waals surface area contributed by atoms with E-state index in [4.69, 9.17) is 0 Å². The maximum atomic E-state index is 13.5. The monoisotopic (exact) mass is 594 g/mol. The molecule has 1 N–H and O–H groups in total. The number of likely N-dealkylation sites (N-methyl/N-ethyl adjacent to an activating group) is 1. The Hall–Kier alpha value is -2.58. The standard InChI is InChI=1S/C29H39BrN8O/c1-35-13-15-37(16-14-35)25-9-11-36(12-10-25)20-23-7-4-8-24(17-23)29(39)34-38(21-22-5-2-3-6-22)28-26(30)19-32-27(18-31)33-28/h4,7-8,17,19,22,25H,2-3,5-6,9-16,20-21H2,1H3,(H,34,39). The van der Waals surface area contributed by atoms with Gasteiger partial charge in [0, 0.05) is 57.1 Å². The summed E-state index contributed by atoms with van der Waals surface area (Å²) in [6, 6.07) is 10.6. The molecule has 10 heteroatoms. The number of anilines is 1. The SMILES string of the molecule is CN1CCN(C2CCN(Cc3cccc(C(=O)NN(CC4CCCC4)c4nc(C#N)ncc4Br)c3)CC2)CC1. The fourth-order valence-corrected chi connectivity index (χ4v) is 6.53. The van der Waals surface area contributed by atoms with Gasteiger partial charge in [0.2, 0.25) is 5.82 Å². The van der Waals surface area contributed by atoms with Crippen molar-refractivity contribution in [3.05, 3.63) is 51.9 Å². The van der Waals surface area contributed by atoms with E-state index in [1.807, 2.05) is 24.3 Å². The minimum Gasteiger partial charge on any atom is -0.304 e. The summed E-state index contributed by atoms with van der Waals surface area (Å²) in [4.78, 5) is 29.5. The molecule has 0 unspecified atom stereocenters. The van der Waals surface area contributed by atoms with E-state index in [9.17, 15) is 10.1 Å². The van der Waals surface area contributed by atoms with E-state index in [1.165, 1.54) is 51.9 Å². The van der Waals surface area contributed by atoms with E-state index in [0.29, 0.717) is 34.4 Å². The quantitative estimate of drug-likeness (QED) is 0.463. The lowest BCUT2D eigenvalue weighted by molar-refractivity contribution is 0.0658. The second-order valence-corrected chi connectivity index (χ2v) is 12.1. The summed E-state index contributed by atoms with van der Waals surface area (Å²) < 4.78 is 0.647. The molecule has 208 valence electrons. The van der Waals surface area contributed by atoms with Crippen molar-refractivity contribution in [3.8, 4) is 6.07 Å². The third-order valence-corrected chi connectivity index (χ3v) is 9.00. The zero-order valence-corrected chi connectivity index (χ0v) is 24.4. The number of piperidine rings is 1. The summed E-state index contributed by atoms with van der Waals surface area (Å²) in [5.41, 5.74) is 4.86. The predicted octanol–water partition coefficient (Wildman–Crippen LogP) is 3.66. The van der Waals surface area contributed by atoms with Crippen molar-refractivity contribution in [2.24, 2.45) is 5.92 Å². The van der Waals surface area contributed by atoms with Gasteiger partial charge >= 0.3 is 0 Å². The fourth-order valence-electron chi connectivity index (χ4n) is 6.12. The molecule has 0 radical (unpaired) electrons. The molecule has 39 heavy (non-hydrogen) atoms. The summed E-state index contributed by atoms with van der Waals surface area (Å²) in [6.45, 7) is 8.37. The number of nitrogens with one attached hydrogen (secondary N) is 1. The average molecular weight is 596 g/mol. The minimum atomic E-state index is -0.173. The highest BCUT2D eigenvalue weighted by Gasteiger charge is 2.27. The van der Waals surface area contributed by atoms with Gasteiger partial charge in [-0.05, 0) is 85.4 Å². The molecule has 3 aliphatic rings. The number of benzene rings is 1. The smallest absolute Gasteiger partial charge is 0.269 e. The van der Waals surface area contributed by atoms with Gasteiger partial charge in [-0.2, -0.15) is 10.2 Å². The van der Waals surface area contributed by atoms with E-state index in [0.717, 1.165) is 38.0 Å². The van der Waals surface area contributed by atoms with Crippen molar-refractivity contribution in [2.45, 2.75) is 51.1 Å². The number of rotatable bonds is 8. The number of nitrogens with zero attached hydrogens (tertiary/aromatic N) is 7. The molecule has 3 heterocycles. The molecule has 2 aromatic rings. The van der Waals surface area contributed by atoms with Gasteiger partial charge in [0.1, 0.15) is 6.07 Å². The number of carbonyl (C=O) groups is 1. The Kier molecular flexibility index (Phi) is 9.45. The van der Waals surface area contributed by atoms with Gasteiger partial charge in [0.05, 0.1) is 4.47 Å². The Morgan fingerprint density at radius 2 is 1.87 bits per heavy atom. The second kappa shape index (κ2) is 13.2. The van der Waals surface area contributed by atoms with Crippen LogP contribution in [0, 0.1) is 17.2 Å². The number of piperazine rings is 1. The van der Waals surface area contributed by atoms with Crippen LogP contribution in [0.25, 0.3) is 0 Å². The highest BCUT2D eigenvalue weighted by molar-refractivity contribution is 9.10. The molecule has 9 nitrogen and oxygen atoms in total. The summed E-state index contributed by atoms with van der Waals surface area (Å²) >= 11 is 3.52. The molecule has 1 saturated carbocycles. The van der Waals surface area contributed by atoms with Crippen LogP contribution in [0.1, 0.15) is 60.3 Å². The van der Waals surface area contributed by atoms with Gasteiger partial charge in [-0.25, -0.2) is 4.98 Å². The minimum absolute atomic E-state index is 0.0808. The van der Waals surface area contributed by atoms with Gasteiger partial charge in [0.15, 0.2) is 5.82 Å². The van der Waals surface area contributed by atoms with Crippen LogP contribution >= 0.6 is 15.9 Å². The largest absolute Gasteiger partial charge is 0.304 e. The first-order chi connectivity index (χ1) is 19.0. The molecule has 5 rings (SSSR count). The molecule has 0 bridgehead atoms. The Morgan fingerprint density at radius 3 is 2.59 bits per heavy atom. The molecule has 1 aliphatic carbocycles. The van der Waals surface area contributed by atoms with Crippen LogP contribution in [0.15, 0.2) is 34.9 Å². The zero-order chi connectivity index (χ0) is 27.2. The summed E-state index contributed by atoms with van der Waals surface area (Å²) in [6.07, 6.45) is 8.65. The molecule has 1 aromatic heterocycles. The van der Waals surface area contributed by atoms with Crippen LogP contribution in [-0.4, -0.2) is 89.5 Å². The number of hydrogen-bond acceptors (Lipinski definition) is 8. The number of nitriles is 1. The maximum Gasteiger partial charge on any atom is 0.269 e. The number of carbonyl (C=O) groups excluding carboxylic acids is 1. The Bertz CT molecular complexity index is 1160. The summed E-state index contributed by atoms with van der Waals surface area (Å²) in [5, 5.41) is 11.1. The average Bonchev–Trinajstić information content (AvgIpc) is 3.47. The lowest BCUT2D eigenvalue weighted by Gasteiger charge is -2.42. The number of aromatic nitrogens is 2. The first kappa shape index (κ1) is 28.0. The van der Waals surface area contributed by atoms with Crippen molar-refractivity contribution in [1.29, 1.82) is 5.26 Å². The van der Waals surface area contributed by atoms with E-state index in [2.05, 4.69) is 59.1 Å². The van der Waals surface area contributed by atoms with Crippen molar-refractivity contribution in [3.63, 3.8) is 0 Å². The predicted molar refractivity (Wildman–Crippen MR) is 155 cm³/mol. The van der Waals surface area contributed by atoms with Crippen LogP contribution in [0.2, 0.25) is 0 Å². The normalized spacial score (nSPS) is 20.1. The van der Waals surface area contributed by atoms with E-state index >= 15 is 0 Å². The van der Waals surface area contributed by atoms with Gasteiger partial charge in [-0.3, -0.25) is 25.0 Å². The third kappa shape index (κ3) is 7.34. The summed E-state index contributed by atoms with van der Waals surface area (Å²) in [5.74, 6) is 0.892. The van der Waals surface area contributed by atoms with Crippen molar-refractivity contribution >= 4 is 27.7 Å². The molecule has 0 atom stereocenters. The lowest BCUT2D eigenvalue weighted by Crippen LogP contribution is -2.52. The van der Waals surface area contributed by atoms with Crippen LogP contribution in [0.4, 0.5) is 5.82 Å². The van der Waals surface area contributed by atoms with Crippen molar-refractivity contribution < 1.29 is 4.79 Å². The molecule has 0 spiro atoms. The third-order valence-electron chi connectivity index (χ3n) is 8.44. The molecule has 2 aliphatic heterocycles. The van der Waals surface area contributed by atoms with Gasteiger partial charge in [-0.15, -0.1) is 0 Å². The van der Waals surface area contributed by atoms with Gasteiger partial charge in [-0.1, -0.05) is 25.0 Å². The lowest BCUT2D eigenvalue weighted by atomic mass is 10.0. The Morgan fingerprint density at radius 1 is 1.13 bits per heavy atom. The van der Waals surface area contributed by atoms with Gasteiger partial charge < -0.3 is 4.90 Å². The Labute approximate surface area is 240 Å². The maximum absolute atomic E-state index is 13.5. The molecule has 1 aromatic carbocycles. The summed E-state index contributed by atoms with van der Waals surface area (Å²) in [7, 11) is 2.21. The molecular formula is C29H39BrN8O. The highest BCUT2D eigenvalue weighted by atomic mass is 79.9. The topological polar surface area (TPSA) is 91.6 Å². The van der Waals surface area contributed by atoms with E-state index < -0.39 is 0 Å². The number of amides is 1. The molecule has 3 fully saturated rings.